The van der Waals surface area contributed by atoms with Crippen molar-refractivity contribution in [2.45, 2.75) is 25.3 Å². The number of halogens is 2. The van der Waals surface area contributed by atoms with Crippen molar-refractivity contribution in [3.63, 3.8) is 0 Å². The van der Waals surface area contributed by atoms with Crippen molar-refractivity contribution in [1.29, 1.82) is 0 Å². The molecule has 1 amide bonds. The van der Waals surface area contributed by atoms with Crippen molar-refractivity contribution in [3.8, 4) is 5.75 Å². The zero-order valence-corrected chi connectivity index (χ0v) is 15.1. The van der Waals surface area contributed by atoms with Gasteiger partial charge in [-0.1, -0.05) is 18.6 Å². The van der Waals surface area contributed by atoms with Crippen molar-refractivity contribution in [2.24, 2.45) is 5.73 Å². The molecule has 7 heteroatoms. The first kappa shape index (κ1) is 22.0. The van der Waals surface area contributed by atoms with Crippen molar-refractivity contribution in [3.05, 3.63) is 29.8 Å². The molecule has 0 aromatic heterocycles. The number of likely N-dealkylation sites (tertiary alicyclic amines) is 1. The second-order valence-corrected chi connectivity index (χ2v) is 5.39. The Morgan fingerprint density at radius 2 is 1.83 bits per heavy atom. The molecular formula is C16H27Cl2N3O2. The highest BCUT2D eigenvalue weighted by Crippen LogP contribution is 2.25. The zero-order valence-electron chi connectivity index (χ0n) is 13.5. The molecule has 1 fully saturated rings. The lowest BCUT2D eigenvalue weighted by molar-refractivity contribution is -0.120. The van der Waals surface area contributed by atoms with Gasteiger partial charge in [0.1, 0.15) is 5.75 Å². The summed E-state index contributed by atoms with van der Waals surface area (Å²) in [5.74, 6) is 0.743. The smallest absolute Gasteiger partial charge is 0.233 e. The molecule has 1 unspecified atom stereocenters. The summed E-state index contributed by atoms with van der Waals surface area (Å²) in [5.41, 5.74) is 6.57. The zero-order chi connectivity index (χ0) is 15.1. The van der Waals surface area contributed by atoms with Crippen LogP contribution in [0.2, 0.25) is 0 Å². The van der Waals surface area contributed by atoms with Gasteiger partial charge in [0.15, 0.2) is 0 Å². The van der Waals surface area contributed by atoms with E-state index in [1.54, 1.807) is 7.11 Å². The minimum Gasteiger partial charge on any atom is -0.497 e. The van der Waals surface area contributed by atoms with Crippen LogP contribution in [0.1, 0.15) is 30.9 Å². The van der Waals surface area contributed by atoms with Gasteiger partial charge in [-0.2, -0.15) is 0 Å². The highest BCUT2D eigenvalue weighted by atomic mass is 35.5. The highest BCUT2D eigenvalue weighted by Gasteiger charge is 2.22. The summed E-state index contributed by atoms with van der Waals surface area (Å²) in [6, 6.07) is 8.29. The Kier molecular flexibility index (Phi) is 11.0. The van der Waals surface area contributed by atoms with Crippen LogP contribution in [-0.4, -0.2) is 44.1 Å². The van der Waals surface area contributed by atoms with Crippen LogP contribution in [0.4, 0.5) is 0 Å². The molecule has 1 heterocycles. The van der Waals surface area contributed by atoms with E-state index in [0.29, 0.717) is 6.54 Å². The Balaban J connectivity index is 0.00000242. The molecule has 1 atom stereocenters. The minimum atomic E-state index is -0.106. The number of carbonyl (C=O) groups is 1. The molecule has 2 rings (SSSR count). The van der Waals surface area contributed by atoms with Crippen LogP contribution in [0.15, 0.2) is 24.3 Å². The van der Waals surface area contributed by atoms with Gasteiger partial charge in [0, 0.05) is 6.54 Å². The van der Waals surface area contributed by atoms with Gasteiger partial charge in [0.2, 0.25) is 5.91 Å². The average molecular weight is 364 g/mol. The number of rotatable bonds is 6. The number of nitrogens with one attached hydrogen (secondary N) is 1. The molecule has 0 radical (unpaired) electrons. The van der Waals surface area contributed by atoms with Crippen LogP contribution < -0.4 is 15.8 Å². The van der Waals surface area contributed by atoms with Gasteiger partial charge in [0.25, 0.3) is 0 Å². The fraction of sp³-hybridized carbons (Fsp3) is 0.562. The number of amides is 1. The molecule has 1 aromatic rings. The molecule has 0 saturated carbocycles. The van der Waals surface area contributed by atoms with E-state index in [0.717, 1.165) is 18.8 Å². The highest BCUT2D eigenvalue weighted by molar-refractivity contribution is 5.85. The fourth-order valence-corrected chi connectivity index (χ4v) is 2.80. The van der Waals surface area contributed by atoms with E-state index >= 15 is 0 Å². The van der Waals surface area contributed by atoms with Gasteiger partial charge < -0.3 is 15.8 Å². The van der Waals surface area contributed by atoms with Crippen LogP contribution in [0, 0.1) is 0 Å². The van der Waals surface area contributed by atoms with E-state index in [1.807, 2.05) is 12.1 Å². The van der Waals surface area contributed by atoms with E-state index < -0.39 is 0 Å². The van der Waals surface area contributed by atoms with Crippen LogP contribution in [0.25, 0.3) is 0 Å². The van der Waals surface area contributed by atoms with Crippen LogP contribution in [0.5, 0.6) is 5.75 Å². The molecule has 1 aliphatic rings. The molecule has 132 valence electrons. The van der Waals surface area contributed by atoms with Gasteiger partial charge in [-0.3, -0.25) is 9.69 Å². The Hall–Kier alpha value is -1.01. The molecule has 23 heavy (non-hydrogen) atoms. The van der Waals surface area contributed by atoms with Gasteiger partial charge in [-0.25, -0.2) is 0 Å². The van der Waals surface area contributed by atoms with E-state index in [2.05, 4.69) is 22.3 Å². The van der Waals surface area contributed by atoms with E-state index in [4.69, 9.17) is 10.5 Å². The topological polar surface area (TPSA) is 67.6 Å². The lowest BCUT2D eigenvalue weighted by Gasteiger charge is -2.35. The Morgan fingerprint density at radius 1 is 1.22 bits per heavy atom. The maximum Gasteiger partial charge on any atom is 0.233 e. The van der Waals surface area contributed by atoms with Crippen LogP contribution in [0.3, 0.4) is 0 Å². The van der Waals surface area contributed by atoms with Crippen molar-refractivity contribution < 1.29 is 9.53 Å². The summed E-state index contributed by atoms with van der Waals surface area (Å²) in [5, 5.41) is 2.92. The summed E-state index contributed by atoms with van der Waals surface area (Å²) < 4.78 is 5.21. The first-order valence-corrected chi connectivity index (χ1v) is 7.59. The maximum atomic E-state index is 11.5. The third-order valence-electron chi connectivity index (χ3n) is 4.01. The van der Waals surface area contributed by atoms with Gasteiger partial charge >= 0.3 is 0 Å². The van der Waals surface area contributed by atoms with Gasteiger partial charge in [0.05, 0.1) is 19.7 Å². The predicted octanol–water partition coefficient (Wildman–Crippen LogP) is 2.14. The van der Waals surface area contributed by atoms with Crippen molar-refractivity contribution in [1.82, 2.24) is 10.2 Å². The normalized spacial score (nSPS) is 15.7. The number of ether oxygens (including phenoxy) is 1. The molecule has 3 N–H and O–H groups in total. The number of hydrogen-bond donors (Lipinski definition) is 2. The molecule has 5 nitrogen and oxygen atoms in total. The first-order chi connectivity index (χ1) is 10.2. The minimum absolute atomic E-state index is 0. The monoisotopic (exact) mass is 363 g/mol. The third-order valence-corrected chi connectivity index (χ3v) is 4.01. The van der Waals surface area contributed by atoms with Crippen LogP contribution >= 0.6 is 24.8 Å². The van der Waals surface area contributed by atoms with Gasteiger partial charge in [-0.05, 0) is 43.6 Å². The van der Waals surface area contributed by atoms with E-state index in [-0.39, 0.29) is 43.3 Å². The lowest BCUT2D eigenvalue weighted by atomic mass is 10.0. The van der Waals surface area contributed by atoms with Crippen molar-refractivity contribution in [2.75, 3.05) is 33.3 Å². The second kappa shape index (κ2) is 11.5. The number of nitrogens with zero attached hydrogens (tertiary/aromatic N) is 1. The fourth-order valence-electron chi connectivity index (χ4n) is 2.80. The number of carbonyl (C=O) groups excluding carboxylic acids is 1. The first-order valence-electron chi connectivity index (χ1n) is 7.59. The lowest BCUT2D eigenvalue weighted by Crippen LogP contribution is -2.42. The van der Waals surface area contributed by atoms with E-state index in [1.165, 1.54) is 24.8 Å². The predicted molar refractivity (Wildman–Crippen MR) is 97.7 cm³/mol. The molecule has 0 bridgehead atoms. The largest absolute Gasteiger partial charge is 0.497 e. The molecule has 0 aliphatic carbocycles. The standard InChI is InChI=1S/C16H25N3O2.2ClH/c1-21-14-7-5-13(6-8-14)15(12-18-16(20)11-17)19-9-3-2-4-10-19;;/h5-8,15H,2-4,9-12,17H2,1H3,(H,18,20);2*1H. The summed E-state index contributed by atoms with van der Waals surface area (Å²) >= 11 is 0. The quantitative estimate of drug-likeness (QED) is 0.812. The molecule has 1 saturated heterocycles. The average Bonchev–Trinajstić information content (AvgIpc) is 2.56. The summed E-state index contributed by atoms with van der Waals surface area (Å²) in [6.07, 6.45) is 3.73. The number of nitrogens with two attached hydrogens (primary N) is 1. The Labute approximate surface area is 150 Å². The molecular weight excluding hydrogens is 337 g/mol. The molecule has 1 aliphatic heterocycles. The summed E-state index contributed by atoms with van der Waals surface area (Å²) in [6.45, 7) is 2.79. The molecule has 0 spiro atoms. The Morgan fingerprint density at radius 3 is 2.35 bits per heavy atom. The number of benzene rings is 1. The summed E-state index contributed by atoms with van der Waals surface area (Å²) in [4.78, 5) is 13.9. The SMILES string of the molecule is COc1ccc(C(CNC(=O)CN)N2CCCCC2)cc1.Cl.Cl. The second-order valence-electron chi connectivity index (χ2n) is 5.39. The van der Waals surface area contributed by atoms with E-state index in [9.17, 15) is 4.79 Å². The maximum absolute atomic E-state index is 11.5. The summed E-state index contributed by atoms with van der Waals surface area (Å²) in [7, 11) is 1.67. The number of piperidine rings is 1. The number of hydrogen-bond acceptors (Lipinski definition) is 4. The third kappa shape index (κ3) is 6.55. The Bertz CT molecular complexity index is 451. The van der Waals surface area contributed by atoms with Crippen LogP contribution in [-0.2, 0) is 4.79 Å². The van der Waals surface area contributed by atoms with Gasteiger partial charge in [-0.15, -0.1) is 24.8 Å². The van der Waals surface area contributed by atoms with Crippen molar-refractivity contribution >= 4 is 30.7 Å². The molecule has 1 aromatic carbocycles. The number of methoxy groups -OCH3 is 1.